The van der Waals surface area contributed by atoms with Gasteiger partial charge in [0.2, 0.25) is 5.91 Å². The van der Waals surface area contributed by atoms with Crippen molar-refractivity contribution in [3.05, 3.63) is 22.3 Å². The molecule has 0 bridgehead atoms. The molecular formula is C15H22Cl2N4O. The number of halogens is 2. The van der Waals surface area contributed by atoms with Crippen LogP contribution in [0.1, 0.15) is 20.3 Å². The first-order valence-electron chi connectivity index (χ1n) is 7.54. The Balaban J connectivity index is 1.97. The molecule has 0 aromatic carbocycles. The second-order valence-corrected chi connectivity index (χ2v) is 6.53. The molecule has 5 nitrogen and oxygen atoms in total. The minimum atomic E-state index is -0.422. The topological polar surface area (TPSA) is 62.5 Å². The lowest BCUT2D eigenvalue weighted by Crippen LogP contribution is -2.54. The highest BCUT2D eigenvalue weighted by Gasteiger charge is 2.28. The summed E-state index contributed by atoms with van der Waals surface area (Å²) in [5, 5.41) is 1.05. The number of rotatable bonds is 4. The van der Waals surface area contributed by atoms with Gasteiger partial charge in [0.25, 0.3) is 0 Å². The number of hydrogen-bond donors (Lipinski definition) is 1. The van der Waals surface area contributed by atoms with Crippen molar-refractivity contribution in [1.82, 2.24) is 9.88 Å². The Hall–Kier alpha value is -1.04. The molecule has 1 aliphatic rings. The van der Waals surface area contributed by atoms with Gasteiger partial charge in [-0.15, -0.1) is 0 Å². The molecule has 2 unspecified atom stereocenters. The van der Waals surface area contributed by atoms with Crippen molar-refractivity contribution in [2.24, 2.45) is 11.7 Å². The monoisotopic (exact) mass is 344 g/mol. The molecule has 0 aliphatic carbocycles. The van der Waals surface area contributed by atoms with E-state index in [-0.39, 0.29) is 11.8 Å². The Morgan fingerprint density at radius 1 is 1.36 bits per heavy atom. The zero-order chi connectivity index (χ0) is 16.3. The van der Waals surface area contributed by atoms with Crippen LogP contribution in [0.25, 0.3) is 0 Å². The number of carbonyl (C=O) groups excluding carboxylic acids is 1. The van der Waals surface area contributed by atoms with Gasteiger partial charge in [-0.2, -0.15) is 0 Å². The predicted octanol–water partition coefficient (Wildman–Crippen LogP) is 2.41. The van der Waals surface area contributed by atoms with E-state index in [1.165, 1.54) is 0 Å². The van der Waals surface area contributed by atoms with Crippen LogP contribution in [0.2, 0.25) is 10.0 Å². The molecule has 0 spiro atoms. The number of pyridine rings is 1. The highest BCUT2D eigenvalue weighted by molar-refractivity contribution is 6.36. The lowest BCUT2D eigenvalue weighted by molar-refractivity contribution is -0.134. The van der Waals surface area contributed by atoms with Crippen molar-refractivity contribution >= 4 is 34.9 Å². The second-order valence-electron chi connectivity index (χ2n) is 5.68. The zero-order valence-electron chi connectivity index (χ0n) is 12.9. The van der Waals surface area contributed by atoms with Gasteiger partial charge in [0.05, 0.1) is 16.1 Å². The molecule has 22 heavy (non-hydrogen) atoms. The molecule has 7 heteroatoms. The largest absolute Gasteiger partial charge is 0.352 e. The van der Waals surface area contributed by atoms with E-state index in [0.717, 1.165) is 6.42 Å². The highest BCUT2D eigenvalue weighted by Crippen LogP contribution is 2.26. The number of piperazine rings is 1. The third kappa shape index (κ3) is 3.83. The number of nitrogens with two attached hydrogens (primary N) is 1. The van der Waals surface area contributed by atoms with E-state index in [4.69, 9.17) is 28.9 Å². The van der Waals surface area contributed by atoms with E-state index in [2.05, 4.69) is 9.88 Å². The minimum Gasteiger partial charge on any atom is -0.352 e. The Labute approximate surface area is 141 Å². The first kappa shape index (κ1) is 17.3. The van der Waals surface area contributed by atoms with Crippen LogP contribution >= 0.6 is 23.2 Å². The van der Waals surface area contributed by atoms with Crippen molar-refractivity contribution in [2.75, 3.05) is 31.1 Å². The summed E-state index contributed by atoms with van der Waals surface area (Å²) >= 11 is 12.0. The van der Waals surface area contributed by atoms with Crippen LogP contribution in [0, 0.1) is 5.92 Å². The van der Waals surface area contributed by atoms with Crippen molar-refractivity contribution in [1.29, 1.82) is 0 Å². The van der Waals surface area contributed by atoms with E-state index in [1.54, 1.807) is 12.3 Å². The average molecular weight is 345 g/mol. The molecule has 1 amide bonds. The van der Waals surface area contributed by atoms with E-state index in [0.29, 0.717) is 42.0 Å². The first-order chi connectivity index (χ1) is 10.4. The molecule has 2 rings (SSSR count). The van der Waals surface area contributed by atoms with Gasteiger partial charge in [-0.05, 0) is 12.0 Å². The lowest BCUT2D eigenvalue weighted by atomic mass is 9.98. The fourth-order valence-corrected chi connectivity index (χ4v) is 2.99. The molecule has 2 atom stereocenters. The van der Waals surface area contributed by atoms with Gasteiger partial charge in [-0.3, -0.25) is 4.79 Å². The standard InChI is InChI=1S/C15H22Cl2N4O/c1-3-10(2)13(18)15(22)21-6-4-20(5-7-21)14-12(17)8-11(16)9-19-14/h8-10,13H,3-7,18H2,1-2H3. The number of amides is 1. The van der Waals surface area contributed by atoms with Gasteiger partial charge in [0.15, 0.2) is 0 Å². The minimum absolute atomic E-state index is 0.0316. The fourth-order valence-electron chi connectivity index (χ4n) is 2.49. The number of aromatic nitrogens is 1. The summed E-state index contributed by atoms with van der Waals surface area (Å²) in [6.45, 7) is 6.69. The number of nitrogens with zero attached hydrogens (tertiary/aromatic N) is 3. The van der Waals surface area contributed by atoms with Crippen molar-refractivity contribution in [2.45, 2.75) is 26.3 Å². The molecule has 2 N–H and O–H groups in total. The van der Waals surface area contributed by atoms with Crippen LogP contribution in [-0.4, -0.2) is 48.0 Å². The summed E-state index contributed by atoms with van der Waals surface area (Å²) < 4.78 is 0. The van der Waals surface area contributed by atoms with Crippen molar-refractivity contribution in [3.8, 4) is 0 Å². The molecule has 1 aromatic rings. The Bertz CT molecular complexity index is 532. The Morgan fingerprint density at radius 3 is 2.55 bits per heavy atom. The molecule has 122 valence electrons. The summed E-state index contributed by atoms with van der Waals surface area (Å²) in [6, 6.07) is 1.26. The van der Waals surface area contributed by atoms with E-state index in [9.17, 15) is 4.79 Å². The van der Waals surface area contributed by atoms with Crippen LogP contribution in [-0.2, 0) is 4.79 Å². The smallest absolute Gasteiger partial charge is 0.239 e. The molecule has 1 aromatic heterocycles. The van der Waals surface area contributed by atoms with E-state index < -0.39 is 6.04 Å². The van der Waals surface area contributed by atoms with Crippen LogP contribution in [0.5, 0.6) is 0 Å². The SMILES string of the molecule is CCC(C)C(N)C(=O)N1CCN(c2ncc(Cl)cc2Cl)CC1. The number of anilines is 1. The van der Waals surface area contributed by atoms with Gasteiger partial charge in [0, 0.05) is 32.4 Å². The summed E-state index contributed by atoms with van der Waals surface area (Å²) in [5.41, 5.74) is 6.04. The van der Waals surface area contributed by atoms with Crippen LogP contribution in [0.3, 0.4) is 0 Å². The highest BCUT2D eigenvalue weighted by atomic mass is 35.5. The van der Waals surface area contributed by atoms with Gasteiger partial charge >= 0.3 is 0 Å². The summed E-state index contributed by atoms with van der Waals surface area (Å²) in [7, 11) is 0. The van der Waals surface area contributed by atoms with Gasteiger partial charge in [-0.1, -0.05) is 43.5 Å². The first-order valence-corrected chi connectivity index (χ1v) is 8.30. The van der Waals surface area contributed by atoms with Gasteiger partial charge in [-0.25, -0.2) is 4.98 Å². The third-order valence-electron chi connectivity index (χ3n) is 4.22. The average Bonchev–Trinajstić information content (AvgIpc) is 2.53. The van der Waals surface area contributed by atoms with E-state index in [1.807, 2.05) is 18.7 Å². The molecule has 1 aliphatic heterocycles. The summed E-state index contributed by atoms with van der Waals surface area (Å²) in [4.78, 5) is 20.6. The zero-order valence-corrected chi connectivity index (χ0v) is 14.4. The quantitative estimate of drug-likeness (QED) is 0.910. The van der Waals surface area contributed by atoms with Gasteiger partial charge < -0.3 is 15.5 Å². The molecule has 1 fully saturated rings. The molecule has 2 heterocycles. The van der Waals surface area contributed by atoms with Crippen molar-refractivity contribution < 1.29 is 4.79 Å². The number of carbonyl (C=O) groups is 1. The van der Waals surface area contributed by atoms with Crippen LogP contribution in [0.15, 0.2) is 12.3 Å². The molecular weight excluding hydrogens is 323 g/mol. The molecule has 1 saturated heterocycles. The molecule has 0 radical (unpaired) electrons. The van der Waals surface area contributed by atoms with Crippen LogP contribution in [0.4, 0.5) is 5.82 Å². The van der Waals surface area contributed by atoms with E-state index >= 15 is 0 Å². The predicted molar refractivity (Wildman–Crippen MR) is 90.5 cm³/mol. The normalized spacial score (nSPS) is 18.2. The maximum absolute atomic E-state index is 12.4. The van der Waals surface area contributed by atoms with Crippen molar-refractivity contribution in [3.63, 3.8) is 0 Å². The third-order valence-corrected chi connectivity index (χ3v) is 4.71. The summed E-state index contributed by atoms with van der Waals surface area (Å²) in [6.07, 6.45) is 2.48. The molecule has 0 saturated carbocycles. The maximum atomic E-state index is 12.4. The Kier molecular flexibility index (Phi) is 5.89. The maximum Gasteiger partial charge on any atom is 0.239 e. The second kappa shape index (κ2) is 7.49. The Morgan fingerprint density at radius 2 is 2.00 bits per heavy atom. The fraction of sp³-hybridized carbons (Fsp3) is 0.600. The van der Waals surface area contributed by atoms with Crippen LogP contribution < -0.4 is 10.6 Å². The number of hydrogen-bond acceptors (Lipinski definition) is 4. The lowest BCUT2D eigenvalue weighted by Gasteiger charge is -2.37. The summed E-state index contributed by atoms with van der Waals surface area (Å²) in [5.74, 6) is 0.937. The van der Waals surface area contributed by atoms with Gasteiger partial charge in [0.1, 0.15) is 5.82 Å².